The lowest BCUT2D eigenvalue weighted by molar-refractivity contribution is 0.112. The van der Waals surface area contributed by atoms with Crippen LogP contribution in [0.3, 0.4) is 0 Å². The average Bonchev–Trinajstić information content (AvgIpc) is 2.19. The van der Waals surface area contributed by atoms with Crippen molar-refractivity contribution in [3.8, 4) is 5.75 Å². The van der Waals surface area contributed by atoms with E-state index in [0.717, 1.165) is 0 Å². The standard InChI is InChI=1S/C11H12ClFO2/c1-7(2)6-15-10-4-8(5-14)3-9(12)11(10)13/h3-5,7H,6H2,1-2H3. The van der Waals surface area contributed by atoms with Gasteiger partial charge in [-0.1, -0.05) is 25.4 Å². The lowest BCUT2D eigenvalue weighted by Crippen LogP contribution is -2.06. The third-order valence-electron chi connectivity index (χ3n) is 1.73. The molecule has 0 aliphatic heterocycles. The maximum absolute atomic E-state index is 13.4. The van der Waals surface area contributed by atoms with Gasteiger partial charge in [0.25, 0.3) is 0 Å². The highest BCUT2D eigenvalue weighted by atomic mass is 35.5. The van der Waals surface area contributed by atoms with Gasteiger partial charge in [-0.3, -0.25) is 4.79 Å². The maximum Gasteiger partial charge on any atom is 0.183 e. The van der Waals surface area contributed by atoms with Crippen LogP contribution in [0.4, 0.5) is 4.39 Å². The van der Waals surface area contributed by atoms with Crippen molar-refractivity contribution in [2.24, 2.45) is 5.92 Å². The summed E-state index contributed by atoms with van der Waals surface area (Å²) in [6.45, 7) is 4.28. The van der Waals surface area contributed by atoms with Gasteiger partial charge in [-0.2, -0.15) is 0 Å². The third kappa shape index (κ3) is 3.20. The predicted octanol–water partition coefficient (Wildman–Crippen LogP) is 3.33. The largest absolute Gasteiger partial charge is 0.490 e. The number of carbonyl (C=O) groups excluding carboxylic acids is 1. The van der Waals surface area contributed by atoms with Crippen LogP contribution >= 0.6 is 11.6 Å². The minimum Gasteiger partial charge on any atom is -0.490 e. The third-order valence-corrected chi connectivity index (χ3v) is 2.00. The second kappa shape index (κ2) is 5.12. The van der Waals surface area contributed by atoms with E-state index < -0.39 is 5.82 Å². The van der Waals surface area contributed by atoms with E-state index in [4.69, 9.17) is 16.3 Å². The minimum absolute atomic E-state index is 0.0262. The number of halogens is 2. The molecule has 0 aromatic heterocycles. The molecule has 0 amide bonds. The Morgan fingerprint density at radius 2 is 2.20 bits per heavy atom. The van der Waals surface area contributed by atoms with E-state index in [9.17, 15) is 9.18 Å². The molecule has 4 heteroatoms. The summed E-state index contributed by atoms with van der Waals surface area (Å²) < 4.78 is 18.6. The second-order valence-electron chi connectivity index (χ2n) is 3.64. The van der Waals surface area contributed by atoms with Gasteiger partial charge in [-0.25, -0.2) is 4.39 Å². The highest BCUT2D eigenvalue weighted by Crippen LogP contribution is 2.26. The highest BCUT2D eigenvalue weighted by molar-refractivity contribution is 6.31. The van der Waals surface area contributed by atoms with Crippen LogP contribution < -0.4 is 4.74 Å². The van der Waals surface area contributed by atoms with E-state index in [-0.39, 0.29) is 16.7 Å². The Balaban J connectivity index is 2.94. The van der Waals surface area contributed by atoms with E-state index in [0.29, 0.717) is 18.5 Å². The fraction of sp³-hybridized carbons (Fsp3) is 0.364. The molecule has 0 saturated carbocycles. The summed E-state index contributed by atoms with van der Waals surface area (Å²) >= 11 is 5.60. The first-order chi connectivity index (χ1) is 7.04. The Morgan fingerprint density at radius 1 is 1.53 bits per heavy atom. The normalized spacial score (nSPS) is 10.5. The molecule has 0 heterocycles. The van der Waals surface area contributed by atoms with Crippen LogP contribution in [-0.2, 0) is 0 Å². The molecule has 0 N–H and O–H groups in total. The first-order valence-corrected chi connectivity index (χ1v) is 4.99. The molecule has 82 valence electrons. The molecule has 0 spiro atoms. The van der Waals surface area contributed by atoms with Crippen molar-refractivity contribution in [2.75, 3.05) is 6.61 Å². The molecule has 1 aromatic carbocycles. The smallest absolute Gasteiger partial charge is 0.183 e. The zero-order chi connectivity index (χ0) is 11.4. The Bertz CT molecular complexity index is 364. The molecule has 1 aromatic rings. The molecule has 15 heavy (non-hydrogen) atoms. The Hall–Kier alpha value is -1.09. The summed E-state index contributed by atoms with van der Waals surface area (Å²) in [6, 6.07) is 2.61. The Morgan fingerprint density at radius 3 is 2.73 bits per heavy atom. The van der Waals surface area contributed by atoms with Gasteiger partial charge in [-0.05, 0) is 18.1 Å². The number of hydrogen-bond donors (Lipinski definition) is 0. The van der Waals surface area contributed by atoms with Gasteiger partial charge in [-0.15, -0.1) is 0 Å². The minimum atomic E-state index is -0.622. The van der Waals surface area contributed by atoms with Crippen LogP contribution in [0.25, 0.3) is 0 Å². The van der Waals surface area contributed by atoms with Gasteiger partial charge < -0.3 is 4.74 Å². The topological polar surface area (TPSA) is 26.3 Å². The highest BCUT2D eigenvalue weighted by Gasteiger charge is 2.10. The van der Waals surface area contributed by atoms with E-state index in [2.05, 4.69) is 0 Å². The number of carbonyl (C=O) groups is 1. The van der Waals surface area contributed by atoms with Crippen molar-refractivity contribution in [2.45, 2.75) is 13.8 Å². The van der Waals surface area contributed by atoms with Gasteiger partial charge in [0.2, 0.25) is 0 Å². The maximum atomic E-state index is 13.4. The summed E-state index contributed by atoms with van der Waals surface area (Å²) in [5.74, 6) is -0.315. The molecule has 0 bridgehead atoms. The fourth-order valence-corrected chi connectivity index (χ4v) is 1.23. The number of benzene rings is 1. The van der Waals surface area contributed by atoms with Gasteiger partial charge in [0.05, 0.1) is 11.6 Å². The molecule has 0 radical (unpaired) electrons. The van der Waals surface area contributed by atoms with Crippen LogP contribution in [0, 0.1) is 11.7 Å². The van der Waals surface area contributed by atoms with Gasteiger partial charge in [0.15, 0.2) is 11.6 Å². The van der Waals surface area contributed by atoms with Crippen molar-refractivity contribution in [1.29, 1.82) is 0 Å². The van der Waals surface area contributed by atoms with Gasteiger partial charge in [0, 0.05) is 5.56 Å². The second-order valence-corrected chi connectivity index (χ2v) is 4.04. The molecular weight excluding hydrogens is 219 g/mol. The van der Waals surface area contributed by atoms with Crippen LogP contribution in [0.15, 0.2) is 12.1 Å². The van der Waals surface area contributed by atoms with Crippen LogP contribution in [-0.4, -0.2) is 12.9 Å². The zero-order valence-electron chi connectivity index (χ0n) is 8.59. The van der Waals surface area contributed by atoms with Gasteiger partial charge >= 0.3 is 0 Å². The zero-order valence-corrected chi connectivity index (χ0v) is 9.34. The summed E-state index contributed by atoms with van der Waals surface area (Å²) in [6.07, 6.45) is 0.605. The number of aldehydes is 1. The van der Waals surface area contributed by atoms with Crippen LogP contribution in [0.5, 0.6) is 5.75 Å². The lowest BCUT2D eigenvalue weighted by atomic mass is 10.2. The average molecular weight is 231 g/mol. The molecule has 0 saturated heterocycles. The molecule has 0 atom stereocenters. The molecule has 0 unspecified atom stereocenters. The van der Waals surface area contributed by atoms with E-state index in [1.807, 2.05) is 13.8 Å². The number of rotatable bonds is 4. The van der Waals surface area contributed by atoms with E-state index in [1.54, 1.807) is 0 Å². The van der Waals surface area contributed by atoms with Crippen molar-refractivity contribution in [3.05, 3.63) is 28.5 Å². The molecular formula is C11H12ClFO2. The molecule has 0 aliphatic rings. The Kier molecular flexibility index (Phi) is 4.09. The first kappa shape index (κ1) is 12.0. The molecule has 0 aliphatic carbocycles. The molecule has 2 nitrogen and oxygen atoms in total. The van der Waals surface area contributed by atoms with E-state index in [1.165, 1.54) is 12.1 Å². The quantitative estimate of drug-likeness (QED) is 0.742. The van der Waals surface area contributed by atoms with Crippen molar-refractivity contribution < 1.29 is 13.9 Å². The number of hydrogen-bond acceptors (Lipinski definition) is 2. The fourth-order valence-electron chi connectivity index (χ4n) is 1.01. The van der Waals surface area contributed by atoms with E-state index >= 15 is 0 Å². The Labute approximate surface area is 93.0 Å². The van der Waals surface area contributed by atoms with Crippen LogP contribution in [0.2, 0.25) is 5.02 Å². The predicted molar refractivity (Wildman–Crippen MR) is 57.1 cm³/mol. The monoisotopic (exact) mass is 230 g/mol. The van der Waals surface area contributed by atoms with Crippen molar-refractivity contribution >= 4 is 17.9 Å². The summed E-state index contributed by atoms with van der Waals surface area (Å²) in [5.41, 5.74) is 0.306. The van der Waals surface area contributed by atoms with Crippen molar-refractivity contribution in [3.63, 3.8) is 0 Å². The van der Waals surface area contributed by atoms with Crippen LogP contribution in [0.1, 0.15) is 24.2 Å². The van der Waals surface area contributed by atoms with Gasteiger partial charge in [0.1, 0.15) is 6.29 Å². The first-order valence-electron chi connectivity index (χ1n) is 4.61. The molecule has 0 fully saturated rings. The summed E-state index contributed by atoms with van der Waals surface area (Å²) in [7, 11) is 0. The lowest BCUT2D eigenvalue weighted by Gasteiger charge is -2.10. The summed E-state index contributed by atoms with van der Waals surface area (Å²) in [5, 5.41) is -0.0987. The SMILES string of the molecule is CC(C)COc1cc(C=O)cc(Cl)c1F. The van der Waals surface area contributed by atoms with Crippen molar-refractivity contribution in [1.82, 2.24) is 0 Å². The molecule has 1 rings (SSSR count). The summed E-state index contributed by atoms with van der Waals surface area (Å²) in [4.78, 5) is 10.5. The number of ether oxygens (including phenoxy) is 1.